The van der Waals surface area contributed by atoms with Crippen molar-refractivity contribution in [3.05, 3.63) is 52.8 Å². The van der Waals surface area contributed by atoms with Crippen LogP contribution in [0.15, 0.2) is 41.7 Å². The van der Waals surface area contributed by atoms with Gasteiger partial charge in [-0.15, -0.1) is 10.2 Å². The van der Waals surface area contributed by atoms with Gasteiger partial charge in [-0.25, -0.2) is 0 Å². The molecule has 5 rings (SSSR count). The minimum Gasteiger partial charge on any atom is -0.364 e. The van der Waals surface area contributed by atoms with Crippen molar-refractivity contribution in [1.29, 1.82) is 5.26 Å². The molecule has 10 nitrogen and oxygen atoms in total. The lowest BCUT2D eigenvalue weighted by Gasteiger charge is -2.49. The Morgan fingerprint density at radius 3 is 2.74 bits per heavy atom. The maximum absolute atomic E-state index is 12.9. The zero-order valence-electron chi connectivity index (χ0n) is 20.7. The maximum Gasteiger partial charge on any atom is 0.252 e. The minimum atomic E-state index is -0.0654. The summed E-state index contributed by atoms with van der Waals surface area (Å²) in [6, 6.07) is 8.87. The molecule has 0 unspecified atom stereocenters. The summed E-state index contributed by atoms with van der Waals surface area (Å²) in [5, 5.41) is 22.1. The zero-order valence-corrected chi connectivity index (χ0v) is 20.7. The molecule has 1 aliphatic heterocycles. The predicted molar refractivity (Wildman–Crippen MR) is 134 cm³/mol. The topological polar surface area (TPSA) is 100 Å². The highest BCUT2D eigenvalue weighted by molar-refractivity contribution is 5.88. The lowest BCUT2D eigenvalue weighted by Crippen LogP contribution is -2.58. The molecule has 5 heterocycles. The lowest BCUT2D eigenvalue weighted by atomic mass is 9.97. The summed E-state index contributed by atoms with van der Waals surface area (Å²) in [5.41, 5.74) is 4.39. The van der Waals surface area contributed by atoms with Crippen LogP contribution in [0.2, 0.25) is 0 Å². The summed E-state index contributed by atoms with van der Waals surface area (Å²) in [6.45, 7) is 8.51. The van der Waals surface area contributed by atoms with Gasteiger partial charge in [0, 0.05) is 50.5 Å². The van der Waals surface area contributed by atoms with Gasteiger partial charge in [0.15, 0.2) is 5.65 Å². The Balaban J connectivity index is 1.51. The molecule has 4 aromatic rings. The fourth-order valence-electron chi connectivity index (χ4n) is 5.35. The molecule has 0 saturated carbocycles. The number of hydrogen-bond acceptors (Lipinski definition) is 7. The first-order valence-electron chi connectivity index (χ1n) is 12.2. The van der Waals surface area contributed by atoms with Crippen molar-refractivity contribution in [2.24, 2.45) is 7.05 Å². The van der Waals surface area contributed by atoms with Crippen LogP contribution in [-0.2, 0) is 13.6 Å². The summed E-state index contributed by atoms with van der Waals surface area (Å²) in [4.78, 5) is 17.8. The Hall–Kier alpha value is -3.71. The van der Waals surface area contributed by atoms with Gasteiger partial charge in [-0.2, -0.15) is 10.4 Å². The summed E-state index contributed by atoms with van der Waals surface area (Å²) >= 11 is 0. The van der Waals surface area contributed by atoms with Crippen molar-refractivity contribution < 1.29 is 0 Å². The molecular weight excluding hydrogens is 442 g/mol. The molecule has 0 spiro atoms. The first kappa shape index (κ1) is 23.1. The summed E-state index contributed by atoms with van der Waals surface area (Å²) in [7, 11) is 1.75. The third kappa shape index (κ3) is 3.96. The number of fused-ring (bicyclic) bond motifs is 2. The largest absolute Gasteiger partial charge is 0.364 e. The second-order valence-corrected chi connectivity index (χ2v) is 9.35. The van der Waals surface area contributed by atoms with Crippen molar-refractivity contribution in [2.75, 3.05) is 18.0 Å². The van der Waals surface area contributed by atoms with Crippen molar-refractivity contribution in [2.45, 2.75) is 58.3 Å². The molecule has 0 bridgehead atoms. The highest BCUT2D eigenvalue weighted by Gasteiger charge is 2.36. The van der Waals surface area contributed by atoms with Crippen LogP contribution in [0.5, 0.6) is 0 Å². The summed E-state index contributed by atoms with van der Waals surface area (Å²) < 4.78 is 5.15. The van der Waals surface area contributed by atoms with E-state index in [9.17, 15) is 4.79 Å². The normalized spacial score (nSPS) is 19.9. The molecule has 3 atom stereocenters. The summed E-state index contributed by atoms with van der Waals surface area (Å²) in [6.07, 6.45) is 7.46. The van der Waals surface area contributed by atoms with E-state index >= 15 is 0 Å². The molecule has 1 aliphatic rings. The number of pyridine rings is 2. The van der Waals surface area contributed by atoms with E-state index in [2.05, 4.69) is 64.1 Å². The van der Waals surface area contributed by atoms with Crippen molar-refractivity contribution >= 4 is 22.4 Å². The van der Waals surface area contributed by atoms with Gasteiger partial charge < -0.3 is 9.47 Å². The molecule has 0 N–H and O–H groups in total. The molecule has 0 amide bonds. The predicted octanol–water partition coefficient (Wildman–Crippen LogP) is 2.74. The third-order valence-electron chi connectivity index (χ3n) is 7.46. The van der Waals surface area contributed by atoms with Crippen molar-refractivity contribution in [1.82, 2.24) is 33.8 Å². The van der Waals surface area contributed by atoms with Crippen LogP contribution in [-0.4, -0.2) is 59.0 Å². The molecule has 35 heavy (non-hydrogen) atoms. The van der Waals surface area contributed by atoms with Crippen LogP contribution in [0, 0.1) is 11.3 Å². The number of nitriles is 1. The van der Waals surface area contributed by atoms with Gasteiger partial charge in [0.05, 0.1) is 23.5 Å². The van der Waals surface area contributed by atoms with Gasteiger partial charge in [0.2, 0.25) is 0 Å². The van der Waals surface area contributed by atoms with Crippen LogP contribution in [0.3, 0.4) is 0 Å². The van der Waals surface area contributed by atoms with Crippen LogP contribution < -0.4 is 10.5 Å². The fraction of sp³-hybridized carbons (Fsp3) is 0.480. The van der Waals surface area contributed by atoms with Gasteiger partial charge in [-0.1, -0.05) is 13.8 Å². The van der Waals surface area contributed by atoms with E-state index in [1.54, 1.807) is 34.9 Å². The monoisotopic (exact) mass is 473 g/mol. The minimum absolute atomic E-state index is 0.0654. The molecule has 182 valence electrons. The number of nitrogens with zero attached hydrogens (tertiary/aromatic N) is 9. The molecule has 1 fully saturated rings. The van der Waals surface area contributed by atoms with Crippen molar-refractivity contribution in [3.8, 4) is 6.07 Å². The quantitative estimate of drug-likeness (QED) is 0.424. The summed E-state index contributed by atoms with van der Waals surface area (Å²) in [5.74, 6) is 0. The standard InChI is InChI=1S/C25H31N9O/c1-5-19-14-34(21-12-24(35)30(4)22-15-32(10-8-26)29-25(21)22)20(6-2)13-33(19)17(3)18-7-9-31-16-27-28-23(31)11-18/h7,9,11-12,15-17,19-20H,5-6,10,13-14H2,1-4H3/t17-,19-,20+/m1/s1. The number of aromatic nitrogens is 6. The molecule has 10 heteroatoms. The second-order valence-electron chi connectivity index (χ2n) is 9.35. The zero-order chi connectivity index (χ0) is 24.7. The first-order valence-corrected chi connectivity index (χ1v) is 12.2. The van der Waals surface area contributed by atoms with Gasteiger partial charge in [-0.05, 0) is 37.5 Å². The highest BCUT2D eigenvalue weighted by atomic mass is 16.1. The molecule has 0 aliphatic carbocycles. The van der Waals surface area contributed by atoms with E-state index in [0.717, 1.165) is 48.3 Å². The van der Waals surface area contributed by atoms with Crippen LogP contribution >= 0.6 is 0 Å². The Morgan fingerprint density at radius 2 is 2.00 bits per heavy atom. The average molecular weight is 474 g/mol. The Morgan fingerprint density at radius 1 is 1.20 bits per heavy atom. The van der Waals surface area contributed by atoms with Crippen LogP contribution in [0.25, 0.3) is 16.7 Å². The lowest BCUT2D eigenvalue weighted by molar-refractivity contribution is 0.101. The van der Waals surface area contributed by atoms with Gasteiger partial charge in [0.25, 0.3) is 5.56 Å². The average Bonchev–Trinajstić information content (AvgIpc) is 3.52. The van der Waals surface area contributed by atoms with Gasteiger partial charge >= 0.3 is 0 Å². The highest BCUT2D eigenvalue weighted by Crippen LogP contribution is 2.34. The smallest absolute Gasteiger partial charge is 0.252 e. The van der Waals surface area contributed by atoms with E-state index in [4.69, 9.17) is 5.26 Å². The Bertz CT molecular complexity index is 1460. The van der Waals surface area contributed by atoms with E-state index in [0.29, 0.717) is 6.04 Å². The van der Waals surface area contributed by atoms with E-state index in [-0.39, 0.29) is 24.2 Å². The number of piperazine rings is 1. The molecule has 4 aromatic heterocycles. The Kier molecular flexibility index (Phi) is 6.03. The van der Waals surface area contributed by atoms with Crippen LogP contribution in [0.4, 0.5) is 5.69 Å². The van der Waals surface area contributed by atoms with Crippen LogP contribution in [0.1, 0.15) is 45.2 Å². The molecular formula is C25H31N9O. The van der Waals surface area contributed by atoms with Gasteiger partial charge in [-0.3, -0.25) is 18.8 Å². The second kappa shape index (κ2) is 9.15. The SMILES string of the molecule is CC[C@H]1CN([C@H](C)c2ccn3cnnc3c2)[C@H](CC)CN1c1cc(=O)n(C)c2cn(CC#N)nc12. The molecule has 1 saturated heterocycles. The number of rotatable bonds is 6. The Labute approximate surface area is 204 Å². The first-order chi connectivity index (χ1) is 16.9. The van der Waals surface area contributed by atoms with Gasteiger partial charge in [0.1, 0.15) is 18.4 Å². The van der Waals surface area contributed by atoms with E-state index in [1.165, 1.54) is 5.56 Å². The fourth-order valence-corrected chi connectivity index (χ4v) is 5.35. The third-order valence-corrected chi connectivity index (χ3v) is 7.46. The van der Waals surface area contributed by atoms with E-state index in [1.807, 2.05) is 10.6 Å². The maximum atomic E-state index is 12.9. The van der Waals surface area contributed by atoms with Crippen molar-refractivity contribution in [3.63, 3.8) is 0 Å². The number of hydrogen-bond donors (Lipinski definition) is 0. The van der Waals surface area contributed by atoms with E-state index < -0.39 is 0 Å². The number of anilines is 1. The molecule has 0 aromatic carbocycles. The molecule has 0 radical (unpaired) electrons. The number of aryl methyl sites for hydroxylation is 1.